The average Bonchev–Trinajstić information content (AvgIpc) is 2.88. The minimum absolute atomic E-state index is 0. The molecule has 0 radical (unpaired) electrons. The number of likely N-dealkylation sites (N-methyl/N-ethyl adjacent to an activating group) is 1. The zero-order chi connectivity index (χ0) is 18.0. The lowest BCUT2D eigenvalue weighted by Gasteiger charge is -2.13. The fourth-order valence-corrected chi connectivity index (χ4v) is 2.98. The van der Waals surface area contributed by atoms with E-state index in [1.165, 1.54) is 12.1 Å². The fourth-order valence-electron chi connectivity index (χ4n) is 2.81. The summed E-state index contributed by atoms with van der Waals surface area (Å²) in [5, 5.41) is 11.4. The summed E-state index contributed by atoms with van der Waals surface area (Å²) < 4.78 is 21.1. The van der Waals surface area contributed by atoms with Crippen LogP contribution in [0, 0.1) is 5.82 Å². The number of fused-ring (bicyclic) bond motifs is 1. The molecule has 0 saturated carbocycles. The smallest absolute Gasteiger partial charge is 0.150 e. The SMILES string of the molecule is CN(C)CCOc1c(CO)n(-c2ccc(F)cc2)c2ccc(Cl)cc12.Cl. The lowest BCUT2D eigenvalue weighted by molar-refractivity contribution is 0.241. The van der Waals surface area contributed by atoms with Gasteiger partial charge in [-0.15, -0.1) is 12.4 Å². The standard InChI is InChI=1S/C19H20ClFN2O2.ClH/c1-22(2)9-10-25-19-16-11-13(20)3-8-17(16)23(18(19)12-24)15-6-4-14(21)5-7-15;/h3-8,11,24H,9-10,12H2,1-2H3;1H. The Balaban J connectivity index is 0.00000243. The first-order valence-electron chi connectivity index (χ1n) is 7.98. The van der Waals surface area contributed by atoms with Crippen molar-refractivity contribution < 1.29 is 14.2 Å². The van der Waals surface area contributed by atoms with E-state index in [1.54, 1.807) is 18.2 Å². The van der Waals surface area contributed by atoms with Crippen LogP contribution in [0.15, 0.2) is 42.5 Å². The molecule has 1 aromatic heterocycles. The molecule has 0 aliphatic heterocycles. The van der Waals surface area contributed by atoms with Gasteiger partial charge < -0.3 is 19.3 Å². The summed E-state index contributed by atoms with van der Waals surface area (Å²) >= 11 is 6.16. The normalized spacial score (nSPS) is 11.0. The Morgan fingerprint density at radius 2 is 1.85 bits per heavy atom. The van der Waals surface area contributed by atoms with Crippen molar-refractivity contribution in [2.45, 2.75) is 6.61 Å². The zero-order valence-electron chi connectivity index (χ0n) is 14.6. The predicted octanol–water partition coefficient (Wildman–Crippen LogP) is 4.28. The van der Waals surface area contributed by atoms with Crippen molar-refractivity contribution >= 4 is 34.9 Å². The van der Waals surface area contributed by atoms with Crippen molar-refractivity contribution in [2.24, 2.45) is 0 Å². The second kappa shape index (κ2) is 8.73. The zero-order valence-corrected chi connectivity index (χ0v) is 16.1. The molecule has 7 heteroatoms. The summed E-state index contributed by atoms with van der Waals surface area (Å²) in [4.78, 5) is 2.02. The highest BCUT2D eigenvalue weighted by Crippen LogP contribution is 2.37. The summed E-state index contributed by atoms with van der Waals surface area (Å²) in [6.45, 7) is 1.02. The summed E-state index contributed by atoms with van der Waals surface area (Å²) in [7, 11) is 3.93. The van der Waals surface area contributed by atoms with Gasteiger partial charge in [0.05, 0.1) is 17.8 Å². The van der Waals surface area contributed by atoms with Crippen LogP contribution < -0.4 is 4.74 Å². The van der Waals surface area contributed by atoms with Crippen molar-refractivity contribution in [1.82, 2.24) is 9.47 Å². The number of nitrogens with zero attached hydrogens (tertiary/aromatic N) is 2. The van der Waals surface area contributed by atoms with Crippen molar-refractivity contribution in [1.29, 1.82) is 0 Å². The van der Waals surface area contributed by atoms with E-state index in [9.17, 15) is 9.50 Å². The molecule has 1 heterocycles. The number of halogens is 3. The Morgan fingerprint density at radius 3 is 2.46 bits per heavy atom. The molecular weight excluding hydrogens is 378 g/mol. The lowest BCUT2D eigenvalue weighted by atomic mass is 10.2. The average molecular weight is 399 g/mol. The number of rotatable bonds is 6. The highest BCUT2D eigenvalue weighted by molar-refractivity contribution is 6.31. The molecule has 4 nitrogen and oxygen atoms in total. The lowest BCUT2D eigenvalue weighted by Crippen LogP contribution is -2.19. The number of hydrogen-bond donors (Lipinski definition) is 1. The summed E-state index contributed by atoms with van der Waals surface area (Å²) in [6, 6.07) is 11.6. The maximum Gasteiger partial charge on any atom is 0.150 e. The van der Waals surface area contributed by atoms with Crippen LogP contribution in [0.2, 0.25) is 5.02 Å². The summed E-state index contributed by atoms with van der Waals surface area (Å²) in [6.07, 6.45) is 0. The number of ether oxygens (including phenoxy) is 1. The molecule has 0 atom stereocenters. The number of aliphatic hydroxyl groups is 1. The van der Waals surface area contributed by atoms with E-state index in [0.717, 1.165) is 23.1 Å². The predicted molar refractivity (Wildman–Crippen MR) is 105 cm³/mol. The van der Waals surface area contributed by atoms with E-state index in [2.05, 4.69) is 0 Å². The fraction of sp³-hybridized carbons (Fsp3) is 0.263. The maximum atomic E-state index is 13.3. The van der Waals surface area contributed by atoms with Crippen LogP contribution in [-0.2, 0) is 6.61 Å². The van der Waals surface area contributed by atoms with Gasteiger partial charge in [-0.25, -0.2) is 4.39 Å². The Bertz CT molecular complexity index is 879. The van der Waals surface area contributed by atoms with Crippen molar-refractivity contribution in [2.75, 3.05) is 27.2 Å². The highest BCUT2D eigenvalue weighted by atomic mass is 35.5. The van der Waals surface area contributed by atoms with Crippen molar-refractivity contribution in [3.63, 3.8) is 0 Å². The van der Waals surface area contributed by atoms with E-state index >= 15 is 0 Å². The van der Waals surface area contributed by atoms with E-state index in [1.807, 2.05) is 35.7 Å². The van der Waals surface area contributed by atoms with Gasteiger partial charge in [-0.1, -0.05) is 11.6 Å². The molecule has 0 bridgehead atoms. The Morgan fingerprint density at radius 1 is 1.15 bits per heavy atom. The first-order chi connectivity index (χ1) is 12.0. The molecule has 0 aliphatic carbocycles. The second-order valence-corrected chi connectivity index (χ2v) is 6.50. The maximum absolute atomic E-state index is 13.3. The third-order valence-corrected chi connectivity index (χ3v) is 4.23. The molecule has 26 heavy (non-hydrogen) atoms. The molecule has 0 unspecified atom stereocenters. The molecule has 140 valence electrons. The third-order valence-electron chi connectivity index (χ3n) is 4.00. The second-order valence-electron chi connectivity index (χ2n) is 6.06. The third kappa shape index (κ3) is 4.13. The van der Waals surface area contributed by atoms with Crippen LogP contribution in [0.3, 0.4) is 0 Å². The number of aromatic nitrogens is 1. The van der Waals surface area contributed by atoms with Crippen LogP contribution >= 0.6 is 24.0 Å². The Labute approximate surface area is 163 Å². The van der Waals surface area contributed by atoms with Crippen LogP contribution in [0.1, 0.15) is 5.69 Å². The van der Waals surface area contributed by atoms with Gasteiger partial charge in [0.15, 0.2) is 5.75 Å². The monoisotopic (exact) mass is 398 g/mol. The minimum Gasteiger partial charge on any atom is -0.490 e. The van der Waals surface area contributed by atoms with Gasteiger partial charge in [0.25, 0.3) is 0 Å². The first-order valence-corrected chi connectivity index (χ1v) is 8.36. The van der Waals surface area contributed by atoms with E-state index in [-0.39, 0.29) is 24.8 Å². The van der Waals surface area contributed by atoms with Gasteiger partial charge in [-0.3, -0.25) is 0 Å². The van der Waals surface area contributed by atoms with Crippen molar-refractivity contribution in [3.05, 3.63) is 59.0 Å². The molecule has 0 saturated heterocycles. The Hall–Kier alpha value is -1.79. The van der Waals surface area contributed by atoms with Gasteiger partial charge in [-0.2, -0.15) is 0 Å². The first kappa shape index (κ1) is 20.5. The molecule has 1 N–H and O–H groups in total. The molecule has 0 spiro atoms. The van der Waals surface area contributed by atoms with Gasteiger partial charge >= 0.3 is 0 Å². The van der Waals surface area contributed by atoms with Gasteiger partial charge in [0, 0.05) is 22.6 Å². The topological polar surface area (TPSA) is 37.6 Å². The summed E-state index contributed by atoms with van der Waals surface area (Å²) in [5.74, 6) is 0.294. The summed E-state index contributed by atoms with van der Waals surface area (Å²) in [5.41, 5.74) is 2.21. The molecule has 3 rings (SSSR count). The van der Waals surface area contributed by atoms with Crippen LogP contribution in [0.4, 0.5) is 4.39 Å². The van der Waals surface area contributed by atoms with Gasteiger partial charge in [-0.05, 0) is 56.6 Å². The van der Waals surface area contributed by atoms with Crippen molar-refractivity contribution in [3.8, 4) is 11.4 Å². The number of aliphatic hydroxyl groups excluding tert-OH is 1. The number of benzene rings is 2. The van der Waals surface area contributed by atoms with Gasteiger partial charge in [0.2, 0.25) is 0 Å². The molecule has 3 aromatic rings. The van der Waals surface area contributed by atoms with Crippen LogP contribution in [0.25, 0.3) is 16.6 Å². The highest BCUT2D eigenvalue weighted by Gasteiger charge is 2.19. The van der Waals surface area contributed by atoms with E-state index < -0.39 is 0 Å². The molecule has 0 fully saturated rings. The quantitative estimate of drug-likeness (QED) is 0.673. The number of hydrogen-bond acceptors (Lipinski definition) is 3. The Kier molecular flexibility index (Phi) is 6.89. The molecule has 2 aromatic carbocycles. The van der Waals surface area contributed by atoms with E-state index in [0.29, 0.717) is 23.1 Å². The van der Waals surface area contributed by atoms with Crippen LogP contribution in [-0.4, -0.2) is 41.8 Å². The molecular formula is C19H21Cl2FN2O2. The van der Waals surface area contributed by atoms with Gasteiger partial charge in [0.1, 0.15) is 12.4 Å². The molecule has 0 amide bonds. The molecule has 0 aliphatic rings. The minimum atomic E-state index is -0.309. The largest absolute Gasteiger partial charge is 0.490 e. The van der Waals surface area contributed by atoms with E-state index in [4.69, 9.17) is 16.3 Å². The van der Waals surface area contributed by atoms with Crippen LogP contribution in [0.5, 0.6) is 5.75 Å².